The quantitative estimate of drug-likeness (QED) is 0.475. The number of nitrogens with zero attached hydrogens (tertiary/aromatic N) is 2. The van der Waals surface area contributed by atoms with Crippen molar-refractivity contribution in [2.75, 3.05) is 26.2 Å². The minimum absolute atomic E-state index is 0.256. The number of halogens is 1. The van der Waals surface area contributed by atoms with Gasteiger partial charge in [-0.25, -0.2) is 4.39 Å². The third-order valence-electron chi connectivity index (χ3n) is 5.30. The molecular formula is C23H27FN2O4. The molecule has 2 atom stereocenters. The molecule has 1 N–H and O–H groups in total. The number of piperidine rings is 1. The number of aliphatic hydroxyl groups is 1. The van der Waals surface area contributed by atoms with Crippen molar-refractivity contribution in [3.8, 4) is 11.1 Å². The lowest BCUT2D eigenvalue weighted by Gasteiger charge is -2.31. The Labute approximate surface area is 175 Å². The molecule has 30 heavy (non-hydrogen) atoms. The van der Waals surface area contributed by atoms with Gasteiger partial charge in [-0.3, -0.25) is 9.69 Å². The van der Waals surface area contributed by atoms with Crippen LogP contribution in [-0.4, -0.2) is 54.2 Å². The van der Waals surface area contributed by atoms with Crippen LogP contribution in [0.5, 0.6) is 0 Å². The van der Waals surface area contributed by atoms with Crippen molar-refractivity contribution in [1.29, 1.82) is 0 Å². The van der Waals surface area contributed by atoms with Crippen LogP contribution in [0, 0.1) is 10.7 Å². The van der Waals surface area contributed by atoms with E-state index in [9.17, 15) is 19.2 Å². The van der Waals surface area contributed by atoms with E-state index in [1.165, 1.54) is 6.07 Å². The molecule has 1 unspecified atom stereocenters. The number of benzene rings is 2. The summed E-state index contributed by atoms with van der Waals surface area (Å²) in [5.41, 5.74) is 2.23. The fourth-order valence-electron chi connectivity index (χ4n) is 3.64. The Bertz CT molecular complexity index is 846. The minimum Gasteiger partial charge on any atom is -0.384 e. The SMILES string of the molecule is O=NC1CN(CCCCCOCc2ccc(-c3ccccc3)c(F)c2)C[C@H](O)C1=O. The summed E-state index contributed by atoms with van der Waals surface area (Å²) in [5, 5.41) is 12.5. The second-order valence-corrected chi connectivity index (χ2v) is 7.59. The maximum atomic E-state index is 14.4. The number of likely N-dealkylation sites (tertiary alicyclic amines) is 1. The van der Waals surface area contributed by atoms with Crippen LogP contribution in [-0.2, 0) is 16.1 Å². The summed E-state index contributed by atoms with van der Waals surface area (Å²) in [6.07, 6.45) is 1.52. The van der Waals surface area contributed by atoms with Crippen molar-refractivity contribution in [3.05, 3.63) is 64.8 Å². The van der Waals surface area contributed by atoms with Crippen LogP contribution >= 0.6 is 0 Å². The fraction of sp³-hybridized carbons (Fsp3) is 0.435. The number of carbonyl (C=O) groups is 1. The molecule has 1 aliphatic rings. The maximum Gasteiger partial charge on any atom is 0.191 e. The van der Waals surface area contributed by atoms with E-state index in [0.29, 0.717) is 25.3 Å². The Balaban J connectivity index is 1.33. The topological polar surface area (TPSA) is 79.2 Å². The Morgan fingerprint density at radius 3 is 2.63 bits per heavy atom. The van der Waals surface area contributed by atoms with Crippen LogP contribution in [0.25, 0.3) is 11.1 Å². The van der Waals surface area contributed by atoms with Gasteiger partial charge in [0, 0.05) is 25.3 Å². The first-order valence-electron chi connectivity index (χ1n) is 10.3. The third-order valence-corrected chi connectivity index (χ3v) is 5.30. The molecule has 160 valence electrons. The molecule has 2 aromatic rings. The molecule has 0 bridgehead atoms. The average Bonchev–Trinajstić information content (AvgIpc) is 2.76. The monoisotopic (exact) mass is 414 g/mol. The van der Waals surface area contributed by atoms with E-state index in [1.54, 1.807) is 6.07 Å². The third kappa shape index (κ3) is 6.01. The Morgan fingerprint density at radius 2 is 1.90 bits per heavy atom. The van der Waals surface area contributed by atoms with Crippen LogP contribution in [0.1, 0.15) is 24.8 Å². The van der Waals surface area contributed by atoms with Gasteiger partial charge < -0.3 is 9.84 Å². The zero-order valence-electron chi connectivity index (χ0n) is 16.9. The standard InChI is InChI=1S/C23H27FN2O4/c24-20-13-17(9-10-19(20)18-7-3-1-4-8-18)16-30-12-6-2-5-11-26-14-21(25-29)23(28)22(27)15-26/h1,3-4,7-10,13,21-22,27H,2,5-6,11-12,14-16H2/t21?,22-/m0/s1. The van der Waals surface area contributed by atoms with Gasteiger partial charge in [-0.2, -0.15) is 0 Å². The molecule has 1 saturated heterocycles. The second-order valence-electron chi connectivity index (χ2n) is 7.59. The van der Waals surface area contributed by atoms with E-state index < -0.39 is 17.9 Å². The van der Waals surface area contributed by atoms with Gasteiger partial charge in [0.1, 0.15) is 11.9 Å². The van der Waals surface area contributed by atoms with Crippen LogP contribution in [0.15, 0.2) is 53.7 Å². The average molecular weight is 414 g/mol. The molecular weight excluding hydrogens is 387 g/mol. The van der Waals surface area contributed by atoms with Crippen LogP contribution in [0.2, 0.25) is 0 Å². The summed E-state index contributed by atoms with van der Waals surface area (Å²) in [5.74, 6) is -0.740. The van der Waals surface area contributed by atoms with Crippen LogP contribution < -0.4 is 0 Å². The van der Waals surface area contributed by atoms with Gasteiger partial charge >= 0.3 is 0 Å². The van der Waals surface area contributed by atoms with E-state index in [-0.39, 0.29) is 18.9 Å². The van der Waals surface area contributed by atoms with E-state index in [4.69, 9.17) is 4.74 Å². The lowest BCUT2D eigenvalue weighted by Crippen LogP contribution is -2.52. The highest BCUT2D eigenvalue weighted by Crippen LogP contribution is 2.23. The number of hydrogen-bond donors (Lipinski definition) is 1. The summed E-state index contributed by atoms with van der Waals surface area (Å²) in [6, 6.07) is 13.6. The lowest BCUT2D eigenvalue weighted by atomic mass is 10.0. The van der Waals surface area contributed by atoms with Crippen LogP contribution in [0.4, 0.5) is 4.39 Å². The molecule has 1 aliphatic heterocycles. The Kier molecular flexibility index (Phi) is 8.19. The fourth-order valence-corrected chi connectivity index (χ4v) is 3.64. The second kappa shape index (κ2) is 11.1. The molecule has 0 radical (unpaired) electrons. The number of Topliss-reactive ketones (excluding diaryl/α,β-unsaturated/α-hetero) is 1. The number of aliphatic hydroxyl groups excluding tert-OH is 1. The molecule has 0 amide bonds. The van der Waals surface area contributed by atoms with Gasteiger partial charge in [0.05, 0.1) is 6.61 Å². The molecule has 3 rings (SSSR count). The first-order valence-corrected chi connectivity index (χ1v) is 10.3. The van der Waals surface area contributed by atoms with Crippen molar-refractivity contribution in [3.63, 3.8) is 0 Å². The molecule has 0 aliphatic carbocycles. The molecule has 1 fully saturated rings. The van der Waals surface area contributed by atoms with Gasteiger partial charge in [-0.15, -0.1) is 4.91 Å². The van der Waals surface area contributed by atoms with E-state index in [2.05, 4.69) is 5.18 Å². The van der Waals surface area contributed by atoms with Crippen molar-refractivity contribution in [2.24, 2.45) is 5.18 Å². The number of unbranched alkanes of at least 4 members (excludes halogenated alkanes) is 2. The van der Waals surface area contributed by atoms with Crippen molar-refractivity contribution < 1.29 is 19.0 Å². The molecule has 6 nitrogen and oxygen atoms in total. The summed E-state index contributed by atoms with van der Waals surface area (Å²) >= 11 is 0. The molecule has 0 saturated carbocycles. The number of rotatable bonds is 10. The number of hydrogen-bond acceptors (Lipinski definition) is 6. The van der Waals surface area contributed by atoms with Gasteiger partial charge in [0.15, 0.2) is 11.8 Å². The molecule has 0 spiro atoms. The minimum atomic E-state index is -1.13. The highest BCUT2D eigenvalue weighted by molar-refractivity contribution is 5.89. The zero-order valence-corrected chi connectivity index (χ0v) is 16.9. The highest BCUT2D eigenvalue weighted by atomic mass is 19.1. The smallest absolute Gasteiger partial charge is 0.191 e. The number of carbonyl (C=O) groups excluding carboxylic acids is 1. The summed E-state index contributed by atoms with van der Waals surface area (Å²) in [4.78, 5) is 24.2. The number of β-amino-alcohol motifs (C(OH)–C–C–N with tert-alkyl or cyclic N) is 1. The van der Waals surface area contributed by atoms with Crippen LogP contribution in [0.3, 0.4) is 0 Å². The molecule has 0 aromatic heterocycles. The van der Waals surface area contributed by atoms with Crippen molar-refractivity contribution in [1.82, 2.24) is 4.90 Å². The Hall–Kier alpha value is -2.48. The first-order chi connectivity index (χ1) is 14.6. The summed E-state index contributed by atoms with van der Waals surface area (Å²) in [6.45, 7) is 2.16. The summed E-state index contributed by atoms with van der Waals surface area (Å²) in [7, 11) is 0. The molecule has 1 heterocycles. The van der Waals surface area contributed by atoms with Gasteiger partial charge in [0.2, 0.25) is 0 Å². The summed E-state index contributed by atoms with van der Waals surface area (Å²) < 4.78 is 20.0. The van der Waals surface area contributed by atoms with E-state index >= 15 is 0 Å². The molecule has 2 aromatic carbocycles. The van der Waals surface area contributed by atoms with Gasteiger partial charge in [0.25, 0.3) is 0 Å². The predicted molar refractivity (Wildman–Crippen MR) is 112 cm³/mol. The highest BCUT2D eigenvalue weighted by Gasteiger charge is 2.34. The van der Waals surface area contributed by atoms with Gasteiger partial charge in [-0.1, -0.05) is 47.6 Å². The normalized spacial score (nSPS) is 19.7. The van der Waals surface area contributed by atoms with Gasteiger partial charge in [-0.05, 0) is 43.0 Å². The largest absolute Gasteiger partial charge is 0.384 e. The number of ether oxygens (including phenoxy) is 1. The molecule has 7 heteroatoms. The first kappa shape index (κ1) is 22.2. The van der Waals surface area contributed by atoms with Crippen molar-refractivity contribution >= 4 is 5.78 Å². The number of nitroso groups, excluding NO2 is 1. The Morgan fingerprint density at radius 1 is 1.10 bits per heavy atom. The van der Waals surface area contributed by atoms with Crippen molar-refractivity contribution in [2.45, 2.75) is 38.0 Å². The predicted octanol–water partition coefficient (Wildman–Crippen LogP) is 3.56. The van der Waals surface area contributed by atoms with E-state index in [0.717, 1.165) is 30.4 Å². The van der Waals surface area contributed by atoms with E-state index in [1.807, 2.05) is 41.3 Å². The maximum absolute atomic E-state index is 14.4. The lowest BCUT2D eigenvalue weighted by molar-refractivity contribution is -0.133. The zero-order chi connectivity index (χ0) is 21.3. The number of ketones is 1.